The van der Waals surface area contributed by atoms with Crippen LogP contribution in [0, 0.1) is 5.92 Å². The van der Waals surface area contributed by atoms with Crippen molar-refractivity contribution in [1.82, 2.24) is 0 Å². The highest BCUT2D eigenvalue weighted by atomic mass is 16.5. The monoisotopic (exact) mass is 290 g/mol. The van der Waals surface area contributed by atoms with Gasteiger partial charge in [-0.2, -0.15) is 0 Å². The summed E-state index contributed by atoms with van der Waals surface area (Å²) in [6.45, 7) is 0. The van der Waals surface area contributed by atoms with E-state index >= 15 is 0 Å². The van der Waals surface area contributed by atoms with Crippen LogP contribution in [0.3, 0.4) is 0 Å². The van der Waals surface area contributed by atoms with Crippen LogP contribution in [0.1, 0.15) is 53.9 Å². The molecule has 0 N–H and O–H groups in total. The lowest BCUT2D eigenvalue weighted by Crippen LogP contribution is -2.17. The molecule has 0 spiro atoms. The second kappa shape index (κ2) is 7.25. The van der Waals surface area contributed by atoms with E-state index in [1.165, 1.54) is 39.9 Å². The fraction of sp³-hybridized carbons (Fsp3) is 0.529. The topological polar surface area (TPSA) is 52.6 Å². The normalized spacial score (nSPS) is 16.5. The lowest BCUT2D eigenvalue weighted by Gasteiger charge is -2.19. The van der Waals surface area contributed by atoms with Gasteiger partial charge in [0, 0.05) is 0 Å². The molecule has 1 aliphatic rings. The van der Waals surface area contributed by atoms with Gasteiger partial charge in [-0.1, -0.05) is 37.8 Å². The van der Waals surface area contributed by atoms with Crippen LogP contribution in [-0.2, 0) is 14.3 Å². The van der Waals surface area contributed by atoms with E-state index in [1.807, 2.05) is 12.1 Å². The molecule has 1 aromatic carbocycles. The largest absolute Gasteiger partial charge is 0.469 e. The van der Waals surface area contributed by atoms with Gasteiger partial charge in [0.1, 0.15) is 0 Å². The van der Waals surface area contributed by atoms with Gasteiger partial charge in [0.25, 0.3) is 0 Å². The third kappa shape index (κ3) is 3.84. The van der Waals surface area contributed by atoms with Crippen molar-refractivity contribution in [3.8, 4) is 0 Å². The number of rotatable bonds is 5. The molecule has 0 aliphatic heterocycles. The molecule has 21 heavy (non-hydrogen) atoms. The van der Waals surface area contributed by atoms with Gasteiger partial charge in [-0.05, 0) is 30.0 Å². The predicted octanol–water partition coefficient (Wildman–Crippen LogP) is 3.31. The molecule has 1 aromatic rings. The maximum atomic E-state index is 12.1. The molecule has 2 rings (SSSR count). The van der Waals surface area contributed by atoms with Crippen molar-refractivity contribution >= 4 is 11.9 Å². The third-order valence-electron chi connectivity index (χ3n) is 4.26. The molecule has 114 valence electrons. The first-order chi connectivity index (χ1) is 10.2. The zero-order chi connectivity index (χ0) is 15.2. The van der Waals surface area contributed by atoms with Crippen LogP contribution in [-0.4, -0.2) is 26.2 Å². The summed E-state index contributed by atoms with van der Waals surface area (Å²) in [5.74, 6) is -0.223. The number of esters is 2. The molecule has 0 bridgehead atoms. The number of methoxy groups -OCH3 is 2. The minimum absolute atomic E-state index is 0.201. The second-order valence-corrected chi connectivity index (χ2v) is 5.58. The standard InChI is InChI=1S/C17H22O4/c1-20-16(18)14-9-7-13(8-10-14)15(17(19)21-2)11-12-5-3-4-6-12/h7-10,12,15H,3-6,11H2,1-2H3. The van der Waals surface area contributed by atoms with Crippen LogP contribution >= 0.6 is 0 Å². The maximum Gasteiger partial charge on any atom is 0.337 e. The van der Waals surface area contributed by atoms with Crippen LogP contribution in [0.15, 0.2) is 24.3 Å². The van der Waals surface area contributed by atoms with Gasteiger partial charge >= 0.3 is 11.9 Å². The molecular formula is C17H22O4. The van der Waals surface area contributed by atoms with Crippen molar-refractivity contribution in [2.24, 2.45) is 5.92 Å². The molecule has 0 amide bonds. The molecule has 4 heteroatoms. The molecule has 1 unspecified atom stereocenters. The van der Waals surface area contributed by atoms with Crippen molar-refractivity contribution in [3.05, 3.63) is 35.4 Å². The highest BCUT2D eigenvalue weighted by Crippen LogP contribution is 2.34. The average Bonchev–Trinajstić information content (AvgIpc) is 3.04. The fourth-order valence-corrected chi connectivity index (χ4v) is 3.06. The number of hydrogen-bond donors (Lipinski definition) is 0. The van der Waals surface area contributed by atoms with Crippen LogP contribution in [0.25, 0.3) is 0 Å². The Balaban J connectivity index is 2.15. The second-order valence-electron chi connectivity index (χ2n) is 5.58. The quantitative estimate of drug-likeness (QED) is 0.781. The van der Waals surface area contributed by atoms with Crippen LogP contribution in [0.5, 0.6) is 0 Å². The van der Waals surface area contributed by atoms with E-state index in [2.05, 4.69) is 4.74 Å². The van der Waals surface area contributed by atoms with Gasteiger partial charge in [-0.25, -0.2) is 4.79 Å². The fourth-order valence-electron chi connectivity index (χ4n) is 3.06. The zero-order valence-electron chi connectivity index (χ0n) is 12.6. The molecule has 4 nitrogen and oxygen atoms in total. The summed E-state index contributed by atoms with van der Waals surface area (Å²) in [5.41, 5.74) is 1.40. The highest BCUT2D eigenvalue weighted by Gasteiger charge is 2.27. The summed E-state index contributed by atoms with van der Waals surface area (Å²) < 4.78 is 9.63. The Morgan fingerprint density at radius 2 is 1.71 bits per heavy atom. The van der Waals surface area contributed by atoms with Crippen molar-refractivity contribution in [2.75, 3.05) is 14.2 Å². The van der Waals surface area contributed by atoms with Crippen molar-refractivity contribution < 1.29 is 19.1 Å². The molecular weight excluding hydrogens is 268 g/mol. The van der Waals surface area contributed by atoms with Crippen molar-refractivity contribution in [1.29, 1.82) is 0 Å². The van der Waals surface area contributed by atoms with Crippen LogP contribution < -0.4 is 0 Å². The lowest BCUT2D eigenvalue weighted by atomic mass is 9.87. The van der Waals surface area contributed by atoms with E-state index in [-0.39, 0.29) is 17.9 Å². The molecule has 1 fully saturated rings. The van der Waals surface area contributed by atoms with Crippen molar-refractivity contribution in [3.63, 3.8) is 0 Å². The molecule has 1 atom stereocenters. The minimum Gasteiger partial charge on any atom is -0.469 e. The number of carbonyl (C=O) groups excluding carboxylic acids is 2. The van der Waals surface area contributed by atoms with E-state index in [0.29, 0.717) is 11.5 Å². The number of carbonyl (C=O) groups is 2. The SMILES string of the molecule is COC(=O)c1ccc(C(CC2CCCC2)C(=O)OC)cc1. The van der Waals surface area contributed by atoms with Crippen molar-refractivity contribution in [2.45, 2.75) is 38.0 Å². The summed E-state index contributed by atoms with van der Waals surface area (Å²) in [6.07, 6.45) is 5.70. The first-order valence-corrected chi connectivity index (χ1v) is 7.41. The number of benzene rings is 1. The Kier molecular flexibility index (Phi) is 5.37. The highest BCUT2D eigenvalue weighted by molar-refractivity contribution is 5.89. The van der Waals surface area contributed by atoms with E-state index < -0.39 is 0 Å². The molecule has 0 heterocycles. The number of ether oxygens (including phenoxy) is 2. The lowest BCUT2D eigenvalue weighted by molar-refractivity contribution is -0.142. The first kappa shape index (κ1) is 15.5. The van der Waals surface area contributed by atoms with Crippen LogP contribution in [0.2, 0.25) is 0 Å². The van der Waals surface area contributed by atoms with Gasteiger partial charge in [0.15, 0.2) is 0 Å². The Hall–Kier alpha value is -1.84. The molecule has 1 aliphatic carbocycles. The molecule has 0 saturated heterocycles. The minimum atomic E-state index is -0.369. The molecule has 0 aromatic heterocycles. The van der Waals surface area contributed by atoms with Gasteiger partial charge < -0.3 is 9.47 Å². The Labute approximate surface area is 125 Å². The Morgan fingerprint density at radius 3 is 2.24 bits per heavy atom. The van der Waals surface area contributed by atoms with E-state index in [9.17, 15) is 9.59 Å². The summed E-state index contributed by atoms with van der Waals surface area (Å²) in [6, 6.07) is 7.04. The zero-order valence-corrected chi connectivity index (χ0v) is 12.6. The van der Waals surface area contributed by atoms with Gasteiger partial charge in [0.05, 0.1) is 25.7 Å². The third-order valence-corrected chi connectivity index (χ3v) is 4.26. The summed E-state index contributed by atoms with van der Waals surface area (Å²) in [4.78, 5) is 23.5. The van der Waals surface area contributed by atoms with E-state index in [4.69, 9.17) is 4.74 Å². The average molecular weight is 290 g/mol. The summed E-state index contributed by atoms with van der Waals surface area (Å²) in [5, 5.41) is 0. The predicted molar refractivity (Wildman–Crippen MR) is 79.1 cm³/mol. The Morgan fingerprint density at radius 1 is 1.10 bits per heavy atom. The van der Waals surface area contributed by atoms with Gasteiger partial charge in [-0.15, -0.1) is 0 Å². The number of hydrogen-bond acceptors (Lipinski definition) is 4. The van der Waals surface area contributed by atoms with Gasteiger partial charge in [-0.3, -0.25) is 4.79 Å². The first-order valence-electron chi connectivity index (χ1n) is 7.41. The smallest absolute Gasteiger partial charge is 0.337 e. The Bertz CT molecular complexity index is 486. The maximum absolute atomic E-state index is 12.1. The molecule has 0 radical (unpaired) electrons. The van der Waals surface area contributed by atoms with E-state index in [0.717, 1.165) is 12.0 Å². The van der Waals surface area contributed by atoms with Crippen LogP contribution in [0.4, 0.5) is 0 Å². The van der Waals surface area contributed by atoms with E-state index in [1.54, 1.807) is 12.1 Å². The molecule has 1 saturated carbocycles. The van der Waals surface area contributed by atoms with Gasteiger partial charge in [0.2, 0.25) is 0 Å². The summed E-state index contributed by atoms with van der Waals surface area (Å²) >= 11 is 0. The summed E-state index contributed by atoms with van der Waals surface area (Å²) in [7, 11) is 2.78.